The average molecular weight is 488 g/mol. The van der Waals surface area contributed by atoms with E-state index in [1.165, 1.54) is 17.7 Å². The highest BCUT2D eigenvalue weighted by molar-refractivity contribution is 6.70. The van der Waals surface area contributed by atoms with E-state index in [4.69, 9.17) is 22.7 Å². The SMILES string of the molecule is C=C/C=C(/C=O)C(=N)Cl.C=Cc1ccc(-n2nc(C(N)=O)c3c2-c2cc(NC)ccc2CC3)cc1. The molecule has 1 amide bonds. The predicted molar refractivity (Wildman–Crippen MR) is 142 cm³/mol. The summed E-state index contributed by atoms with van der Waals surface area (Å²) < 4.78 is 1.83. The summed E-state index contributed by atoms with van der Waals surface area (Å²) in [6, 6.07) is 14.2. The molecule has 0 unspecified atom stereocenters. The maximum absolute atomic E-state index is 12.0. The lowest BCUT2D eigenvalue weighted by atomic mass is 9.88. The number of aryl methyl sites for hydroxylation is 1. The zero-order valence-corrected chi connectivity index (χ0v) is 20.1. The summed E-state index contributed by atoms with van der Waals surface area (Å²) in [5, 5.41) is 14.3. The van der Waals surface area contributed by atoms with Gasteiger partial charge in [-0.05, 0) is 54.3 Å². The van der Waals surface area contributed by atoms with Gasteiger partial charge in [-0.25, -0.2) is 4.68 Å². The Hall–Kier alpha value is -4.23. The smallest absolute Gasteiger partial charge is 0.269 e. The summed E-state index contributed by atoms with van der Waals surface area (Å²) in [6.07, 6.45) is 6.71. The molecule has 8 heteroatoms. The van der Waals surface area contributed by atoms with Crippen molar-refractivity contribution in [2.24, 2.45) is 5.73 Å². The van der Waals surface area contributed by atoms with E-state index in [2.05, 4.69) is 41.8 Å². The standard InChI is InChI=1S/C21H20N4O.C6H6ClNO/c1-3-13-4-9-16(10-5-13)25-20-17(19(24-25)21(22)26)11-7-14-6-8-15(23-2)12-18(14)20;1-2-3-5(4-9)6(7)8/h3-6,8-10,12,23H,1,7,11H2,2H3,(H2,22,26);2-4,8H,1H2/b;5-3-,8-6?. The monoisotopic (exact) mass is 487 g/mol. The summed E-state index contributed by atoms with van der Waals surface area (Å²) in [4.78, 5) is 22.0. The summed E-state index contributed by atoms with van der Waals surface area (Å²) in [7, 11) is 1.89. The van der Waals surface area contributed by atoms with Crippen molar-refractivity contribution >= 4 is 40.7 Å². The number of anilines is 1. The molecule has 4 N–H and O–H groups in total. The Morgan fingerprint density at radius 1 is 1.20 bits per heavy atom. The molecule has 35 heavy (non-hydrogen) atoms. The van der Waals surface area contributed by atoms with E-state index < -0.39 is 5.91 Å². The Morgan fingerprint density at radius 2 is 1.91 bits per heavy atom. The molecule has 0 bridgehead atoms. The molecule has 1 aromatic heterocycles. The number of halogens is 1. The third-order valence-electron chi connectivity index (χ3n) is 5.57. The first-order valence-electron chi connectivity index (χ1n) is 10.8. The average Bonchev–Trinajstić information content (AvgIpc) is 3.28. The molecule has 1 heterocycles. The normalized spacial score (nSPS) is 11.8. The maximum Gasteiger partial charge on any atom is 0.269 e. The first-order chi connectivity index (χ1) is 16.8. The fourth-order valence-corrected chi connectivity index (χ4v) is 3.93. The van der Waals surface area contributed by atoms with Gasteiger partial charge in [0.15, 0.2) is 12.0 Å². The zero-order valence-electron chi connectivity index (χ0n) is 19.3. The lowest BCUT2D eigenvalue weighted by Gasteiger charge is -2.20. The molecule has 0 saturated heterocycles. The molecule has 4 rings (SSSR count). The number of nitrogens with zero attached hydrogens (tertiary/aromatic N) is 2. The van der Waals surface area contributed by atoms with Crippen molar-refractivity contribution in [2.45, 2.75) is 12.8 Å². The second kappa shape index (κ2) is 11.3. The minimum absolute atomic E-state index is 0.145. The fraction of sp³-hybridized carbons (Fsp3) is 0.111. The molecule has 1 aliphatic carbocycles. The molecular formula is C27H26ClN5O2. The number of nitrogens with one attached hydrogen (secondary N) is 2. The van der Waals surface area contributed by atoms with Crippen LogP contribution in [-0.2, 0) is 17.6 Å². The van der Waals surface area contributed by atoms with Crippen LogP contribution >= 0.6 is 11.6 Å². The van der Waals surface area contributed by atoms with Gasteiger partial charge in [-0.15, -0.1) is 0 Å². The van der Waals surface area contributed by atoms with Crippen LogP contribution in [0.3, 0.4) is 0 Å². The summed E-state index contributed by atoms with van der Waals surface area (Å²) in [5.41, 5.74) is 13.3. The van der Waals surface area contributed by atoms with E-state index >= 15 is 0 Å². The molecule has 0 fully saturated rings. The van der Waals surface area contributed by atoms with Crippen LogP contribution in [0.25, 0.3) is 23.0 Å². The Morgan fingerprint density at radius 3 is 2.43 bits per heavy atom. The van der Waals surface area contributed by atoms with Crippen molar-refractivity contribution < 1.29 is 9.59 Å². The summed E-state index contributed by atoms with van der Waals surface area (Å²) >= 11 is 5.16. The highest BCUT2D eigenvalue weighted by Gasteiger charge is 2.28. The van der Waals surface area contributed by atoms with Crippen molar-refractivity contribution in [3.05, 3.63) is 95.7 Å². The quantitative estimate of drug-likeness (QED) is 0.189. The molecule has 178 valence electrons. The predicted octanol–water partition coefficient (Wildman–Crippen LogP) is 4.94. The van der Waals surface area contributed by atoms with Crippen LogP contribution in [0.4, 0.5) is 5.69 Å². The number of carbonyl (C=O) groups is 2. The Labute approximate surface area is 209 Å². The van der Waals surface area contributed by atoms with E-state index in [9.17, 15) is 9.59 Å². The summed E-state index contributed by atoms with van der Waals surface area (Å²) in [5.74, 6) is -0.490. The molecule has 0 radical (unpaired) electrons. The van der Waals surface area contributed by atoms with E-state index in [0.29, 0.717) is 12.0 Å². The second-order valence-corrected chi connectivity index (χ2v) is 8.04. The number of aldehydes is 1. The van der Waals surface area contributed by atoms with Crippen LogP contribution in [0.5, 0.6) is 0 Å². The van der Waals surface area contributed by atoms with Crippen molar-refractivity contribution in [2.75, 3.05) is 12.4 Å². The van der Waals surface area contributed by atoms with Gasteiger partial charge in [-0.2, -0.15) is 5.10 Å². The number of allylic oxidation sites excluding steroid dienone is 3. The van der Waals surface area contributed by atoms with Gasteiger partial charge in [0.2, 0.25) is 0 Å². The number of carbonyl (C=O) groups excluding carboxylic acids is 2. The van der Waals surface area contributed by atoms with Gasteiger partial charge in [0.05, 0.1) is 17.0 Å². The van der Waals surface area contributed by atoms with Crippen LogP contribution in [0.1, 0.15) is 27.2 Å². The van der Waals surface area contributed by atoms with Gasteiger partial charge in [0, 0.05) is 23.9 Å². The van der Waals surface area contributed by atoms with Crippen molar-refractivity contribution in [3.63, 3.8) is 0 Å². The summed E-state index contributed by atoms with van der Waals surface area (Å²) in [6.45, 7) is 7.13. The van der Waals surface area contributed by atoms with E-state index in [1.807, 2.05) is 36.0 Å². The van der Waals surface area contributed by atoms with Crippen molar-refractivity contribution in [3.8, 4) is 16.9 Å². The van der Waals surface area contributed by atoms with E-state index in [1.54, 1.807) is 6.08 Å². The lowest BCUT2D eigenvalue weighted by molar-refractivity contribution is -0.104. The fourth-order valence-electron chi connectivity index (χ4n) is 3.82. The number of nitrogens with two attached hydrogens (primary N) is 1. The van der Waals surface area contributed by atoms with E-state index in [0.717, 1.165) is 46.6 Å². The highest BCUT2D eigenvalue weighted by Crippen LogP contribution is 2.38. The Balaban J connectivity index is 0.000000327. The minimum atomic E-state index is -0.490. The topological polar surface area (TPSA) is 114 Å². The first kappa shape index (κ1) is 25.4. The maximum atomic E-state index is 12.0. The van der Waals surface area contributed by atoms with Gasteiger partial charge < -0.3 is 11.1 Å². The van der Waals surface area contributed by atoms with Crippen LogP contribution in [0, 0.1) is 5.41 Å². The number of primary amides is 1. The Kier molecular flexibility index (Phi) is 8.17. The number of amides is 1. The molecule has 0 atom stereocenters. The Bertz CT molecular complexity index is 1340. The largest absolute Gasteiger partial charge is 0.388 e. The van der Waals surface area contributed by atoms with Gasteiger partial charge in [-0.1, -0.05) is 55.1 Å². The lowest BCUT2D eigenvalue weighted by Crippen LogP contribution is -2.15. The third-order valence-corrected chi connectivity index (χ3v) is 5.78. The van der Waals surface area contributed by atoms with E-state index in [-0.39, 0.29) is 10.7 Å². The molecule has 0 spiro atoms. The number of hydrogen-bond donors (Lipinski definition) is 3. The van der Waals surface area contributed by atoms with Gasteiger partial charge in [0.25, 0.3) is 5.91 Å². The zero-order chi connectivity index (χ0) is 25.5. The molecule has 1 aliphatic rings. The third kappa shape index (κ3) is 5.47. The molecule has 2 aromatic carbocycles. The molecule has 7 nitrogen and oxygen atoms in total. The van der Waals surface area contributed by atoms with Crippen LogP contribution < -0.4 is 11.1 Å². The number of fused-ring (bicyclic) bond motifs is 3. The molecule has 0 saturated carbocycles. The van der Waals surface area contributed by atoms with Crippen molar-refractivity contribution in [1.29, 1.82) is 5.41 Å². The van der Waals surface area contributed by atoms with Crippen LogP contribution in [0.15, 0.2) is 73.3 Å². The second-order valence-electron chi connectivity index (χ2n) is 7.66. The van der Waals surface area contributed by atoms with Gasteiger partial charge in [0.1, 0.15) is 5.17 Å². The van der Waals surface area contributed by atoms with Crippen LogP contribution in [-0.4, -0.2) is 34.2 Å². The number of rotatable bonds is 7. The van der Waals surface area contributed by atoms with Gasteiger partial charge >= 0.3 is 0 Å². The molecule has 3 aromatic rings. The molecular weight excluding hydrogens is 462 g/mol. The van der Waals surface area contributed by atoms with Gasteiger partial charge in [-0.3, -0.25) is 15.0 Å². The number of aromatic nitrogens is 2. The molecule has 0 aliphatic heterocycles. The first-order valence-corrected chi connectivity index (χ1v) is 11.2. The minimum Gasteiger partial charge on any atom is -0.388 e. The number of benzene rings is 2. The van der Waals surface area contributed by atoms with Crippen LogP contribution in [0.2, 0.25) is 0 Å². The number of hydrogen-bond acceptors (Lipinski definition) is 5. The highest BCUT2D eigenvalue weighted by atomic mass is 35.5. The van der Waals surface area contributed by atoms with Crippen molar-refractivity contribution in [1.82, 2.24) is 9.78 Å².